The van der Waals surface area contributed by atoms with Crippen LogP contribution in [0.4, 0.5) is 0 Å². The first kappa shape index (κ1) is 12.0. The van der Waals surface area contributed by atoms with Crippen LogP contribution in [0, 0.1) is 0 Å². The number of amides is 1. The molecule has 2 unspecified atom stereocenters. The van der Waals surface area contributed by atoms with Gasteiger partial charge in [-0.1, -0.05) is 0 Å². The minimum atomic E-state index is -0.476. The van der Waals surface area contributed by atoms with Crippen molar-refractivity contribution in [3.05, 3.63) is 30.1 Å². The number of aliphatic hydroxyl groups excluding tert-OH is 1. The van der Waals surface area contributed by atoms with Gasteiger partial charge in [0.2, 0.25) is 0 Å². The molecule has 0 bridgehead atoms. The third kappa shape index (κ3) is 2.64. The van der Waals surface area contributed by atoms with Gasteiger partial charge in [-0.2, -0.15) is 0 Å². The lowest BCUT2D eigenvalue weighted by Gasteiger charge is -2.37. The minimum Gasteiger partial charge on any atom is -0.391 e. The van der Waals surface area contributed by atoms with Crippen molar-refractivity contribution in [2.45, 2.75) is 38.3 Å². The molecule has 1 aromatic rings. The third-order valence-corrected chi connectivity index (χ3v) is 3.28. The maximum atomic E-state index is 12.3. The number of hydrogen-bond acceptors (Lipinski definition) is 3. The normalized spacial score (nSPS) is 22.2. The van der Waals surface area contributed by atoms with Crippen LogP contribution in [0.2, 0.25) is 0 Å². The van der Waals surface area contributed by atoms with Gasteiger partial charge in [-0.25, -0.2) is 0 Å². The number of carbonyl (C=O) groups excluding carboxylic acids is 1. The summed E-state index contributed by atoms with van der Waals surface area (Å²) in [4.78, 5) is 18.0. The molecule has 0 radical (unpaired) electrons. The molecule has 1 aliphatic heterocycles. The first-order valence-electron chi connectivity index (χ1n) is 6.09. The van der Waals surface area contributed by atoms with E-state index in [1.807, 2.05) is 0 Å². The summed E-state index contributed by atoms with van der Waals surface area (Å²) in [7, 11) is 0. The number of rotatable bonds is 2. The fourth-order valence-electron chi connectivity index (χ4n) is 2.37. The van der Waals surface area contributed by atoms with Crippen LogP contribution in [0.3, 0.4) is 0 Å². The summed E-state index contributed by atoms with van der Waals surface area (Å²) in [6.45, 7) is 2.48. The van der Waals surface area contributed by atoms with Crippen molar-refractivity contribution in [3.8, 4) is 0 Å². The van der Waals surface area contributed by atoms with E-state index in [2.05, 4.69) is 4.98 Å². The molecule has 92 valence electrons. The van der Waals surface area contributed by atoms with Gasteiger partial charge in [0.1, 0.15) is 0 Å². The Labute approximate surface area is 101 Å². The lowest BCUT2D eigenvalue weighted by Crippen LogP contribution is -2.48. The van der Waals surface area contributed by atoms with Gasteiger partial charge in [-0.15, -0.1) is 0 Å². The molecule has 1 aliphatic rings. The molecule has 1 amide bonds. The monoisotopic (exact) mass is 234 g/mol. The highest BCUT2D eigenvalue weighted by Crippen LogP contribution is 2.21. The molecular formula is C13H18N2O2. The maximum absolute atomic E-state index is 12.3. The van der Waals surface area contributed by atoms with E-state index in [4.69, 9.17) is 0 Å². The number of aliphatic hydroxyl groups is 1. The topological polar surface area (TPSA) is 53.4 Å². The van der Waals surface area contributed by atoms with Crippen LogP contribution in [-0.2, 0) is 0 Å². The lowest BCUT2D eigenvalue weighted by molar-refractivity contribution is 0.0280. The first-order chi connectivity index (χ1) is 8.20. The van der Waals surface area contributed by atoms with Gasteiger partial charge in [0.25, 0.3) is 5.91 Å². The van der Waals surface area contributed by atoms with E-state index in [1.54, 1.807) is 36.4 Å². The van der Waals surface area contributed by atoms with E-state index >= 15 is 0 Å². The van der Waals surface area contributed by atoms with Crippen molar-refractivity contribution in [3.63, 3.8) is 0 Å². The zero-order valence-electron chi connectivity index (χ0n) is 10.0. The fraction of sp³-hybridized carbons (Fsp3) is 0.538. The Bertz CT molecular complexity index is 378. The summed E-state index contributed by atoms with van der Waals surface area (Å²) in [5, 5.41) is 9.73. The highest BCUT2D eigenvalue weighted by atomic mass is 16.3. The molecule has 0 aromatic carbocycles. The smallest absolute Gasteiger partial charge is 0.255 e. The van der Waals surface area contributed by atoms with E-state index in [9.17, 15) is 9.90 Å². The molecule has 0 saturated carbocycles. The zero-order valence-corrected chi connectivity index (χ0v) is 10.0. The van der Waals surface area contributed by atoms with Gasteiger partial charge in [-0.05, 0) is 38.3 Å². The number of pyridine rings is 1. The Balaban J connectivity index is 2.17. The molecule has 1 fully saturated rings. The summed E-state index contributed by atoms with van der Waals surface area (Å²) in [5.74, 6) is -0.0244. The average molecular weight is 234 g/mol. The van der Waals surface area contributed by atoms with Crippen LogP contribution in [0.5, 0.6) is 0 Å². The van der Waals surface area contributed by atoms with Crippen molar-refractivity contribution in [1.29, 1.82) is 0 Å². The summed E-state index contributed by atoms with van der Waals surface area (Å²) < 4.78 is 0. The molecule has 2 rings (SSSR count). The summed E-state index contributed by atoms with van der Waals surface area (Å²) in [5.41, 5.74) is 0.597. The molecular weight excluding hydrogens is 216 g/mol. The van der Waals surface area contributed by atoms with E-state index in [1.165, 1.54) is 0 Å². The number of hydrogen-bond donors (Lipinski definition) is 1. The molecule has 0 aliphatic carbocycles. The predicted octanol–water partition coefficient (Wildman–Crippen LogP) is 1.46. The highest BCUT2D eigenvalue weighted by molar-refractivity contribution is 5.94. The van der Waals surface area contributed by atoms with Crippen molar-refractivity contribution in [1.82, 2.24) is 9.88 Å². The van der Waals surface area contributed by atoms with E-state index < -0.39 is 6.10 Å². The molecule has 2 atom stereocenters. The molecule has 0 spiro atoms. The molecule has 17 heavy (non-hydrogen) atoms. The second kappa shape index (κ2) is 5.27. The van der Waals surface area contributed by atoms with Gasteiger partial charge >= 0.3 is 0 Å². The number of piperidine rings is 1. The standard InChI is InChI=1S/C13H18N2O2/c1-10(16)12-6-2-3-8-15(12)13(17)11-5-4-7-14-9-11/h4-5,7,9-10,12,16H,2-3,6,8H2,1H3. The Morgan fingerprint density at radius 2 is 2.41 bits per heavy atom. The van der Waals surface area contributed by atoms with Crippen LogP contribution in [0.1, 0.15) is 36.5 Å². The third-order valence-electron chi connectivity index (χ3n) is 3.28. The van der Waals surface area contributed by atoms with Gasteiger partial charge in [0, 0.05) is 18.9 Å². The van der Waals surface area contributed by atoms with Crippen LogP contribution in [0.15, 0.2) is 24.5 Å². The maximum Gasteiger partial charge on any atom is 0.255 e. The van der Waals surface area contributed by atoms with Crippen molar-refractivity contribution in [2.75, 3.05) is 6.54 Å². The van der Waals surface area contributed by atoms with Gasteiger partial charge in [-0.3, -0.25) is 9.78 Å². The van der Waals surface area contributed by atoms with Crippen LogP contribution in [-0.4, -0.2) is 39.6 Å². The van der Waals surface area contributed by atoms with Crippen LogP contribution in [0.25, 0.3) is 0 Å². The van der Waals surface area contributed by atoms with E-state index in [0.717, 1.165) is 25.8 Å². The zero-order chi connectivity index (χ0) is 12.3. The Kier molecular flexibility index (Phi) is 3.74. The number of likely N-dealkylation sites (tertiary alicyclic amines) is 1. The predicted molar refractivity (Wildman–Crippen MR) is 64.6 cm³/mol. The van der Waals surface area contributed by atoms with Crippen LogP contribution < -0.4 is 0 Å². The number of carbonyl (C=O) groups is 1. The quantitative estimate of drug-likeness (QED) is 0.842. The lowest BCUT2D eigenvalue weighted by atomic mass is 9.97. The highest BCUT2D eigenvalue weighted by Gasteiger charge is 2.30. The SMILES string of the molecule is CC(O)C1CCCCN1C(=O)c1cccnc1. The fourth-order valence-corrected chi connectivity index (χ4v) is 2.37. The minimum absolute atomic E-state index is 0.0244. The summed E-state index contributed by atoms with van der Waals surface area (Å²) >= 11 is 0. The largest absolute Gasteiger partial charge is 0.391 e. The molecule has 4 nitrogen and oxygen atoms in total. The van der Waals surface area contributed by atoms with Gasteiger partial charge < -0.3 is 10.0 Å². The molecule has 2 heterocycles. The second-order valence-corrected chi connectivity index (χ2v) is 4.54. The van der Waals surface area contributed by atoms with Gasteiger partial charge in [0.05, 0.1) is 17.7 Å². The molecule has 1 N–H and O–H groups in total. The second-order valence-electron chi connectivity index (χ2n) is 4.54. The molecule has 1 saturated heterocycles. The average Bonchev–Trinajstić information content (AvgIpc) is 2.39. The summed E-state index contributed by atoms with van der Waals surface area (Å²) in [6, 6.07) is 3.47. The van der Waals surface area contributed by atoms with Gasteiger partial charge in [0.15, 0.2) is 0 Å². The van der Waals surface area contributed by atoms with Crippen molar-refractivity contribution >= 4 is 5.91 Å². The Morgan fingerprint density at radius 1 is 1.59 bits per heavy atom. The van der Waals surface area contributed by atoms with Crippen molar-refractivity contribution < 1.29 is 9.90 Å². The molecule has 4 heteroatoms. The van der Waals surface area contributed by atoms with E-state index in [0.29, 0.717) is 5.56 Å². The Morgan fingerprint density at radius 3 is 3.06 bits per heavy atom. The number of aromatic nitrogens is 1. The first-order valence-corrected chi connectivity index (χ1v) is 6.09. The summed E-state index contributed by atoms with van der Waals surface area (Å²) in [6.07, 6.45) is 5.72. The number of nitrogens with zero attached hydrogens (tertiary/aromatic N) is 2. The van der Waals surface area contributed by atoms with E-state index in [-0.39, 0.29) is 11.9 Å². The molecule has 1 aromatic heterocycles. The van der Waals surface area contributed by atoms with Crippen LogP contribution >= 0.6 is 0 Å². The Hall–Kier alpha value is -1.42. The van der Waals surface area contributed by atoms with Crippen molar-refractivity contribution in [2.24, 2.45) is 0 Å².